The first-order valence-corrected chi connectivity index (χ1v) is 4.61. The largest absolute Gasteiger partial charge is 0.364 e. The van der Waals surface area contributed by atoms with Crippen LogP contribution >= 0.6 is 0 Å². The molecule has 2 N–H and O–H groups in total. The highest BCUT2D eigenvalue weighted by Gasteiger charge is 2.29. The lowest BCUT2D eigenvalue weighted by molar-refractivity contribution is 0.0976. The average Bonchev–Trinajstić information content (AvgIpc) is 2.82. The van der Waals surface area contributed by atoms with Crippen molar-refractivity contribution in [2.24, 2.45) is 11.7 Å². The molecule has 0 aromatic carbocycles. The van der Waals surface area contributed by atoms with Gasteiger partial charge < -0.3 is 5.73 Å². The van der Waals surface area contributed by atoms with Gasteiger partial charge in [0.2, 0.25) is 0 Å². The first-order valence-electron chi connectivity index (χ1n) is 4.61. The summed E-state index contributed by atoms with van der Waals surface area (Å²) < 4.78 is 26.4. The number of carbonyl (C=O) groups excluding carboxylic acids is 1. The summed E-state index contributed by atoms with van der Waals surface area (Å²) in [7, 11) is 0. The molecule has 0 bridgehead atoms. The van der Waals surface area contributed by atoms with Gasteiger partial charge in [-0.2, -0.15) is 0 Å². The predicted molar refractivity (Wildman–Crippen MR) is 46.2 cm³/mol. The van der Waals surface area contributed by atoms with E-state index in [0.717, 1.165) is 17.5 Å². The van der Waals surface area contributed by atoms with Crippen LogP contribution in [0.15, 0.2) is 0 Å². The lowest BCUT2D eigenvalue weighted by atomic mass is 10.3. The summed E-state index contributed by atoms with van der Waals surface area (Å²) in [5, 5.41) is 6.90. The normalized spacial score (nSPS) is 15.9. The van der Waals surface area contributed by atoms with Crippen LogP contribution in [-0.2, 0) is 6.54 Å². The molecule has 82 valence electrons. The topological polar surface area (TPSA) is 73.8 Å². The lowest BCUT2D eigenvalue weighted by Crippen LogP contribution is -2.16. The van der Waals surface area contributed by atoms with Crippen LogP contribution in [0.2, 0.25) is 0 Å². The molecule has 0 saturated heterocycles. The van der Waals surface area contributed by atoms with Crippen LogP contribution in [0.3, 0.4) is 0 Å². The van der Waals surface area contributed by atoms with E-state index in [4.69, 9.17) is 5.73 Å². The molecule has 7 heteroatoms. The fraction of sp³-hybridized carbons (Fsp3) is 0.625. The smallest absolute Gasteiger partial charge is 0.282 e. The van der Waals surface area contributed by atoms with E-state index < -0.39 is 23.7 Å². The maximum Gasteiger partial charge on any atom is 0.282 e. The molecule has 1 amide bonds. The summed E-state index contributed by atoms with van der Waals surface area (Å²) in [6, 6.07) is 0. The Morgan fingerprint density at radius 1 is 1.60 bits per heavy atom. The van der Waals surface area contributed by atoms with E-state index in [-0.39, 0.29) is 0 Å². The van der Waals surface area contributed by atoms with Gasteiger partial charge in [0.05, 0.1) is 0 Å². The summed E-state index contributed by atoms with van der Waals surface area (Å²) in [5.74, 6) is -0.586. The fourth-order valence-electron chi connectivity index (χ4n) is 1.39. The third-order valence-electron chi connectivity index (χ3n) is 2.34. The zero-order valence-corrected chi connectivity index (χ0v) is 7.86. The Morgan fingerprint density at radius 2 is 2.27 bits per heavy atom. The number of halogens is 2. The molecule has 0 radical (unpaired) electrons. The highest BCUT2D eigenvalue weighted by atomic mass is 19.3. The summed E-state index contributed by atoms with van der Waals surface area (Å²) in [4.78, 5) is 10.8. The van der Waals surface area contributed by atoms with Crippen molar-refractivity contribution in [3.8, 4) is 0 Å². The SMILES string of the molecule is NC(=O)c1nnn(CC2CC2)c1C(F)F. The van der Waals surface area contributed by atoms with Crippen molar-refractivity contribution in [3.63, 3.8) is 0 Å². The van der Waals surface area contributed by atoms with Crippen molar-refractivity contribution in [2.75, 3.05) is 0 Å². The number of alkyl halides is 2. The Hall–Kier alpha value is -1.53. The number of rotatable bonds is 4. The third kappa shape index (κ3) is 1.95. The molecule has 1 aliphatic rings. The molecule has 0 spiro atoms. The van der Waals surface area contributed by atoms with E-state index in [1.807, 2.05) is 0 Å². The Morgan fingerprint density at radius 3 is 2.73 bits per heavy atom. The Balaban J connectivity index is 2.31. The van der Waals surface area contributed by atoms with Crippen LogP contribution in [0.25, 0.3) is 0 Å². The van der Waals surface area contributed by atoms with Crippen molar-refractivity contribution in [1.82, 2.24) is 15.0 Å². The van der Waals surface area contributed by atoms with Gasteiger partial charge in [0.25, 0.3) is 12.3 Å². The monoisotopic (exact) mass is 216 g/mol. The van der Waals surface area contributed by atoms with E-state index in [2.05, 4.69) is 10.3 Å². The Bertz CT molecular complexity index is 386. The van der Waals surface area contributed by atoms with Crippen molar-refractivity contribution >= 4 is 5.91 Å². The molecule has 1 aliphatic carbocycles. The maximum atomic E-state index is 12.6. The zero-order chi connectivity index (χ0) is 11.0. The van der Waals surface area contributed by atoms with E-state index in [9.17, 15) is 13.6 Å². The molecule has 1 fully saturated rings. The van der Waals surface area contributed by atoms with Crippen LogP contribution in [-0.4, -0.2) is 20.9 Å². The van der Waals surface area contributed by atoms with Crippen LogP contribution < -0.4 is 5.73 Å². The minimum absolute atomic E-state index is 0.380. The lowest BCUT2D eigenvalue weighted by Gasteiger charge is -2.04. The summed E-state index contributed by atoms with van der Waals surface area (Å²) in [6.07, 6.45) is -0.760. The van der Waals surface area contributed by atoms with E-state index in [1.54, 1.807) is 0 Å². The molecule has 1 aromatic heterocycles. The minimum Gasteiger partial charge on any atom is -0.364 e. The first-order chi connectivity index (χ1) is 7.09. The van der Waals surface area contributed by atoms with Gasteiger partial charge in [-0.25, -0.2) is 13.5 Å². The van der Waals surface area contributed by atoms with Crippen molar-refractivity contribution < 1.29 is 13.6 Å². The van der Waals surface area contributed by atoms with Gasteiger partial charge in [0.1, 0.15) is 5.69 Å². The first kappa shape index (κ1) is 10.0. The molecule has 0 aliphatic heterocycles. The molecule has 1 heterocycles. The summed E-state index contributed by atoms with van der Waals surface area (Å²) >= 11 is 0. The number of nitrogens with zero attached hydrogens (tertiary/aromatic N) is 3. The number of primary amides is 1. The van der Waals surface area contributed by atoms with Gasteiger partial charge in [-0.05, 0) is 18.8 Å². The average molecular weight is 216 g/mol. The van der Waals surface area contributed by atoms with Crippen LogP contribution in [0.5, 0.6) is 0 Å². The van der Waals surface area contributed by atoms with Crippen LogP contribution in [0.1, 0.15) is 35.4 Å². The van der Waals surface area contributed by atoms with Gasteiger partial charge in [-0.15, -0.1) is 5.10 Å². The number of hydrogen-bond donors (Lipinski definition) is 1. The molecule has 0 atom stereocenters. The van der Waals surface area contributed by atoms with Gasteiger partial charge >= 0.3 is 0 Å². The van der Waals surface area contributed by atoms with Gasteiger partial charge in [0.15, 0.2) is 5.69 Å². The number of carbonyl (C=O) groups is 1. The summed E-state index contributed by atoms with van der Waals surface area (Å²) in [5.41, 5.74) is 4.04. The van der Waals surface area contributed by atoms with Crippen molar-refractivity contribution in [3.05, 3.63) is 11.4 Å². The van der Waals surface area contributed by atoms with Crippen LogP contribution in [0.4, 0.5) is 8.78 Å². The highest BCUT2D eigenvalue weighted by molar-refractivity contribution is 5.91. The molecule has 2 rings (SSSR count). The molecule has 0 unspecified atom stereocenters. The Labute approximate surface area is 84.2 Å². The zero-order valence-electron chi connectivity index (χ0n) is 7.86. The van der Waals surface area contributed by atoms with Crippen molar-refractivity contribution in [2.45, 2.75) is 25.8 Å². The maximum absolute atomic E-state index is 12.6. The van der Waals surface area contributed by atoms with Gasteiger partial charge in [-0.3, -0.25) is 4.79 Å². The second-order valence-electron chi connectivity index (χ2n) is 3.61. The predicted octanol–water partition coefficient (Wildman–Crippen LogP) is 0.725. The molecule has 15 heavy (non-hydrogen) atoms. The number of nitrogens with two attached hydrogens (primary N) is 1. The molecular formula is C8H10F2N4O. The Kier molecular flexibility index (Phi) is 2.37. The van der Waals surface area contributed by atoms with Gasteiger partial charge in [0, 0.05) is 6.54 Å². The van der Waals surface area contributed by atoms with E-state index in [1.165, 1.54) is 0 Å². The van der Waals surface area contributed by atoms with Crippen LogP contribution in [0, 0.1) is 5.92 Å². The molecule has 1 aromatic rings. The number of hydrogen-bond acceptors (Lipinski definition) is 3. The quantitative estimate of drug-likeness (QED) is 0.806. The standard InChI is InChI=1S/C8H10F2N4O/c9-7(10)6-5(8(11)15)12-13-14(6)3-4-1-2-4/h4,7H,1-3H2,(H2,11,15). The highest BCUT2D eigenvalue weighted by Crippen LogP contribution is 2.32. The van der Waals surface area contributed by atoms with Gasteiger partial charge in [-0.1, -0.05) is 5.21 Å². The van der Waals surface area contributed by atoms with E-state index >= 15 is 0 Å². The number of aromatic nitrogens is 3. The fourth-order valence-corrected chi connectivity index (χ4v) is 1.39. The van der Waals surface area contributed by atoms with Crippen molar-refractivity contribution in [1.29, 1.82) is 0 Å². The third-order valence-corrected chi connectivity index (χ3v) is 2.34. The minimum atomic E-state index is -2.78. The van der Waals surface area contributed by atoms with E-state index in [0.29, 0.717) is 12.5 Å². The molecule has 1 saturated carbocycles. The second-order valence-corrected chi connectivity index (χ2v) is 3.61. The second kappa shape index (κ2) is 3.56. The summed E-state index contributed by atoms with van der Waals surface area (Å²) in [6.45, 7) is 0.389. The number of amides is 1. The molecular weight excluding hydrogens is 206 g/mol. The molecule has 5 nitrogen and oxygen atoms in total.